The molecule has 0 saturated heterocycles. The number of benzene rings is 3. The van der Waals surface area contributed by atoms with Crippen LogP contribution < -0.4 is 0 Å². The Labute approximate surface area is 144 Å². The second kappa shape index (κ2) is 5.94. The normalized spacial score (nSPS) is 13.4. The minimum atomic E-state index is 0.556. The molecule has 0 heterocycles. The van der Waals surface area contributed by atoms with Crippen molar-refractivity contribution in [3.63, 3.8) is 0 Å². The summed E-state index contributed by atoms with van der Waals surface area (Å²) in [5.41, 5.74) is 8.66. The van der Waals surface area contributed by atoms with Crippen LogP contribution in [0.1, 0.15) is 49.8 Å². The smallest absolute Gasteiger partial charge is 0.00576 e. The van der Waals surface area contributed by atoms with E-state index in [-0.39, 0.29) is 0 Å². The predicted octanol–water partition coefficient (Wildman–Crippen LogP) is 6.98. The van der Waals surface area contributed by atoms with Gasteiger partial charge in [0.1, 0.15) is 0 Å². The van der Waals surface area contributed by atoms with Crippen molar-refractivity contribution in [2.24, 2.45) is 0 Å². The molecule has 0 N–H and O–H groups in total. The van der Waals surface area contributed by atoms with Crippen LogP contribution in [-0.4, -0.2) is 0 Å². The summed E-state index contributed by atoms with van der Waals surface area (Å²) in [6, 6.07) is 20.3. The maximum Gasteiger partial charge on any atom is -0.00576 e. The molecule has 1 aliphatic carbocycles. The molecule has 0 heteroatoms. The Morgan fingerprint density at radius 2 is 1.71 bits per heavy atom. The lowest BCUT2D eigenvalue weighted by molar-refractivity contribution is 0.863. The first-order chi connectivity index (χ1) is 11.7. The molecule has 120 valence electrons. The number of fused-ring (bicyclic) bond motifs is 2. The molecule has 0 fully saturated rings. The maximum absolute atomic E-state index is 2.42. The molecule has 0 unspecified atom stereocenters. The van der Waals surface area contributed by atoms with Gasteiger partial charge in [0, 0.05) is 0 Å². The van der Waals surface area contributed by atoms with Crippen LogP contribution >= 0.6 is 0 Å². The van der Waals surface area contributed by atoms with Gasteiger partial charge in [-0.25, -0.2) is 0 Å². The SMILES string of the molecule is CCC1=Cc2c(cc(C(C)C)cc2-c2ccc3ccccc3c2)C1. The number of rotatable bonds is 3. The third kappa shape index (κ3) is 2.57. The third-order valence-corrected chi connectivity index (χ3v) is 5.24. The first-order valence-corrected chi connectivity index (χ1v) is 9.01. The fraction of sp³-hybridized carbons (Fsp3) is 0.250. The predicted molar refractivity (Wildman–Crippen MR) is 105 cm³/mol. The zero-order valence-corrected chi connectivity index (χ0v) is 14.8. The van der Waals surface area contributed by atoms with Crippen LogP contribution in [-0.2, 0) is 6.42 Å². The van der Waals surface area contributed by atoms with E-state index in [1.165, 1.54) is 38.6 Å². The molecule has 0 saturated carbocycles. The third-order valence-electron chi connectivity index (χ3n) is 5.24. The lowest BCUT2D eigenvalue weighted by atomic mass is 9.90. The molecule has 3 aromatic rings. The van der Waals surface area contributed by atoms with Crippen molar-refractivity contribution in [1.29, 1.82) is 0 Å². The van der Waals surface area contributed by atoms with E-state index in [1.54, 1.807) is 5.57 Å². The summed E-state index contributed by atoms with van der Waals surface area (Å²) >= 11 is 0. The molecule has 0 bridgehead atoms. The van der Waals surface area contributed by atoms with Crippen molar-refractivity contribution in [3.8, 4) is 11.1 Å². The van der Waals surface area contributed by atoms with Gasteiger partial charge in [0.25, 0.3) is 0 Å². The molecule has 3 aromatic carbocycles. The Balaban J connectivity index is 1.93. The van der Waals surface area contributed by atoms with Gasteiger partial charge in [0.15, 0.2) is 0 Å². The van der Waals surface area contributed by atoms with Crippen LogP contribution in [0.4, 0.5) is 0 Å². The van der Waals surface area contributed by atoms with Crippen LogP contribution in [0.15, 0.2) is 60.2 Å². The Bertz CT molecular complexity index is 941. The summed E-state index contributed by atoms with van der Waals surface area (Å²) in [5.74, 6) is 0.556. The minimum absolute atomic E-state index is 0.556. The summed E-state index contributed by atoms with van der Waals surface area (Å²) in [5, 5.41) is 2.62. The summed E-state index contributed by atoms with van der Waals surface area (Å²) in [7, 11) is 0. The van der Waals surface area contributed by atoms with E-state index in [4.69, 9.17) is 0 Å². The number of allylic oxidation sites excluding steroid dienone is 1. The monoisotopic (exact) mass is 312 g/mol. The molecule has 0 spiro atoms. The van der Waals surface area contributed by atoms with E-state index in [1.807, 2.05) is 0 Å². The van der Waals surface area contributed by atoms with Gasteiger partial charge in [-0.1, -0.05) is 81.0 Å². The standard InChI is InChI=1S/C24H24/c1-4-17-11-22-14-21(16(2)3)15-24(23(22)12-17)20-10-9-18-7-5-6-8-19(18)13-20/h5-10,12-16H,4,11H2,1-3H3. The van der Waals surface area contributed by atoms with Gasteiger partial charge in [-0.2, -0.15) is 0 Å². The highest BCUT2D eigenvalue weighted by Gasteiger charge is 2.18. The van der Waals surface area contributed by atoms with Crippen LogP contribution in [0.25, 0.3) is 28.0 Å². The Kier molecular flexibility index (Phi) is 3.76. The van der Waals surface area contributed by atoms with Gasteiger partial charge < -0.3 is 0 Å². The van der Waals surface area contributed by atoms with E-state index in [0.29, 0.717) is 5.92 Å². The first-order valence-electron chi connectivity index (χ1n) is 9.01. The second-order valence-electron chi connectivity index (χ2n) is 7.19. The van der Waals surface area contributed by atoms with E-state index in [9.17, 15) is 0 Å². The van der Waals surface area contributed by atoms with Crippen molar-refractivity contribution >= 4 is 16.8 Å². The van der Waals surface area contributed by atoms with E-state index >= 15 is 0 Å². The average Bonchev–Trinajstić information content (AvgIpc) is 3.03. The lowest BCUT2D eigenvalue weighted by Crippen LogP contribution is -1.95. The van der Waals surface area contributed by atoms with Gasteiger partial charge in [-0.3, -0.25) is 0 Å². The van der Waals surface area contributed by atoms with Gasteiger partial charge in [0.05, 0.1) is 0 Å². The zero-order valence-electron chi connectivity index (χ0n) is 14.8. The van der Waals surface area contributed by atoms with Crippen molar-refractivity contribution in [1.82, 2.24) is 0 Å². The van der Waals surface area contributed by atoms with Gasteiger partial charge in [-0.15, -0.1) is 0 Å². The van der Waals surface area contributed by atoms with Crippen molar-refractivity contribution in [3.05, 3.63) is 76.9 Å². The van der Waals surface area contributed by atoms with Gasteiger partial charge in [0.2, 0.25) is 0 Å². The topological polar surface area (TPSA) is 0 Å². The fourth-order valence-electron chi connectivity index (χ4n) is 3.71. The molecule has 0 amide bonds. The van der Waals surface area contributed by atoms with Crippen LogP contribution in [0, 0.1) is 0 Å². The van der Waals surface area contributed by atoms with Crippen molar-refractivity contribution in [2.75, 3.05) is 0 Å². The summed E-state index contributed by atoms with van der Waals surface area (Å²) < 4.78 is 0. The number of hydrogen-bond donors (Lipinski definition) is 0. The average molecular weight is 312 g/mol. The molecule has 0 atom stereocenters. The molecule has 0 nitrogen and oxygen atoms in total. The van der Waals surface area contributed by atoms with E-state index < -0.39 is 0 Å². The van der Waals surface area contributed by atoms with Gasteiger partial charge >= 0.3 is 0 Å². The molecular formula is C24H24. The maximum atomic E-state index is 2.42. The molecule has 0 aliphatic heterocycles. The van der Waals surface area contributed by atoms with E-state index in [0.717, 1.165) is 12.8 Å². The Hall–Kier alpha value is -2.34. The molecular weight excluding hydrogens is 288 g/mol. The van der Waals surface area contributed by atoms with Crippen LogP contribution in [0.5, 0.6) is 0 Å². The zero-order chi connectivity index (χ0) is 16.7. The molecule has 24 heavy (non-hydrogen) atoms. The quantitative estimate of drug-likeness (QED) is 0.489. The Morgan fingerprint density at radius 3 is 2.46 bits per heavy atom. The van der Waals surface area contributed by atoms with Crippen LogP contribution in [0.2, 0.25) is 0 Å². The summed E-state index contributed by atoms with van der Waals surface area (Å²) in [6.45, 7) is 6.83. The Morgan fingerprint density at radius 1 is 0.917 bits per heavy atom. The highest BCUT2D eigenvalue weighted by atomic mass is 14.2. The van der Waals surface area contributed by atoms with Crippen molar-refractivity contribution in [2.45, 2.75) is 39.5 Å². The van der Waals surface area contributed by atoms with Crippen molar-refractivity contribution < 1.29 is 0 Å². The summed E-state index contributed by atoms with van der Waals surface area (Å²) in [6.07, 6.45) is 4.68. The lowest BCUT2D eigenvalue weighted by Gasteiger charge is -2.14. The highest BCUT2D eigenvalue weighted by molar-refractivity contribution is 5.90. The first kappa shape index (κ1) is 15.2. The molecule has 0 radical (unpaired) electrons. The molecule has 1 aliphatic rings. The van der Waals surface area contributed by atoms with Gasteiger partial charge in [-0.05, 0) is 63.4 Å². The molecule has 0 aromatic heterocycles. The minimum Gasteiger partial charge on any atom is -0.0655 e. The largest absolute Gasteiger partial charge is 0.0655 e. The highest BCUT2D eigenvalue weighted by Crippen LogP contribution is 2.38. The second-order valence-corrected chi connectivity index (χ2v) is 7.19. The number of hydrogen-bond acceptors (Lipinski definition) is 0. The fourth-order valence-corrected chi connectivity index (χ4v) is 3.71. The van der Waals surface area contributed by atoms with Crippen LogP contribution in [0.3, 0.4) is 0 Å². The summed E-state index contributed by atoms with van der Waals surface area (Å²) in [4.78, 5) is 0. The van der Waals surface area contributed by atoms with E-state index in [2.05, 4.69) is 81.4 Å². The molecule has 4 rings (SSSR count).